The second kappa shape index (κ2) is 4.90. The van der Waals surface area contributed by atoms with Crippen molar-refractivity contribution >= 4 is 0 Å². The maximum atomic E-state index is 13.6. The Morgan fingerprint density at radius 1 is 1.44 bits per heavy atom. The van der Waals surface area contributed by atoms with Gasteiger partial charge in [0.05, 0.1) is 11.8 Å². The molecule has 1 atom stereocenters. The predicted molar refractivity (Wildman–Crippen MR) is 68.3 cm³/mol. The first-order valence-electron chi connectivity index (χ1n) is 6.05. The number of benzene rings is 1. The summed E-state index contributed by atoms with van der Waals surface area (Å²) in [6.07, 6.45) is 3.60. The molecular weight excluding hydrogens is 231 g/mol. The van der Waals surface area contributed by atoms with Crippen molar-refractivity contribution < 1.29 is 9.50 Å². The highest BCUT2D eigenvalue weighted by atomic mass is 19.1. The Labute approximate surface area is 106 Å². The summed E-state index contributed by atoms with van der Waals surface area (Å²) in [5, 5.41) is 9.78. The van der Waals surface area contributed by atoms with Crippen LogP contribution in [0.5, 0.6) is 0 Å². The summed E-state index contributed by atoms with van der Waals surface area (Å²) < 4.78 is 15.5. The van der Waals surface area contributed by atoms with E-state index < -0.39 is 6.10 Å². The zero-order valence-corrected chi connectivity index (χ0v) is 10.8. The van der Waals surface area contributed by atoms with E-state index in [1.54, 1.807) is 26.1 Å². The highest BCUT2D eigenvalue weighted by Gasteiger charge is 2.14. The van der Waals surface area contributed by atoms with E-state index in [1.807, 2.05) is 17.7 Å². The van der Waals surface area contributed by atoms with Crippen LogP contribution in [0.15, 0.2) is 24.5 Å². The normalized spacial score (nSPS) is 12.7. The minimum Gasteiger partial charge on any atom is -0.389 e. The highest BCUT2D eigenvalue weighted by molar-refractivity contribution is 5.46. The lowest BCUT2D eigenvalue weighted by molar-refractivity contribution is 0.198. The summed E-state index contributed by atoms with van der Waals surface area (Å²) >= 11 is 0. The van der Waals surface area contributed by atoms with Crippen LogP contribution in [0.25, 0.3) is 5.69 Å². The number of imidazole rings is 1. The number of rotatable bonds is 3. The van der Waals surface area contributed by atoms with Crippen LogP contribution in [0.1, 0.15) is 36.9 Å². The molecule has 96 valence electrons. The van der Waals surface area contributed by atoms with Crippen LogP contribution in [-0.4, -0.2) is 14.7 Å². The van der Waals surface area contributed by atoms with E-state index in [2.05, 4.69) is 4.98 Å². The Bertz CT molecular complexity index is 561. The molecule has 1 heterocycles. The molecule has 0 amide bonds. The molecule has 4 heteroatoms. The molecule has 1 aromatic carbocycles. The van der Waals surface area contributed by atoms with Crippen molar-refractivity contribution in [2.45, 2.75) is 33.3 Å². The van der Waals surface area contributed by atoms with Crippen LogP contribution < -0.4 is 0 Å². The van der Waals surface area contributed by atoms with Crippen molar-refractivity contribution in [3.8, 4) is 5.69 Å². The van der Waals surface area contributed by atoms with Crippen LogP contribution in [-0.2, 0) is 6.42 Å². The van der Waals surface area contributed by atoms with Crippen LogP contribution in [0.2, 0.25) is 0 Å². The van der Waals surface area contributed by atoms with Gasteiger partial charge in [0.15, 0.2) is 0 Å². The maximum Gasteiger partial charge on any atom is 0.126 e. The minimum atomic E-state index is -0.720. The number of halogens is 1. The summed E-state index contributed by atoms with van der Waals surface area (Å²) in [7, 11) is 0. The van der Waals surface area contributed by atoms with Gasteiger partial charge in [-0.15, -0.1) is 0 Å². The largest absolute Gasteiger partial charge is 0.389 e. The standard InChI is InChI=1S/C14H17FN2O/c1-4-14-16-5-6-17(14)13-7-9(2)12(15)8-11(13)10(3)18/h5-8,10,18H,4H2,1-3H3/t10-/m0/s1. The van der Waals surface area contributed by atoms with E-state index in [-0.39, 0.29) is 5.82 Å². The van der Waals surface area contributed by atoms with Crippen LogP contribution in [0.4, 0.5) is 4.39 Å². The van der Waals surface area contributed by atoms with Gasteiger partial charge in [-0.1, -0.05) is 6.92 Å². The molecule has 0 unspecified atom stereocenters. The first kappa shape index (κ1) is 12.8. The molecule has 0 spiro atoms. The Hall–Kier alpha value is -1.68. The van der Waals surface area contributed by atoms with Crippen molar-refractivity contribution in [2.24, 2.45) is 0 Å². The van der Waals surface area contributed by atoms with Crippen LogP contribution >= 0.6 is 0 Å². The van der Waals surface area contributed by atoms with Gasteiger partial charge in [-0.25, -0.2) is 9.37 Å². The van der Waals surface area contributed by atoms with Gasteiger partial charge >= 0.3 is 0 Å². The molecule has 0 fully saturated rings. The SMILES string of the molecule is CCc1nccn1-c1cc(C)c(F)cc1[C@H](C)O. The zero-order chi connectivity index (χ0) is 13.3. The highest BCUT2D eigenvalue weighted by Crippen LogP contribution is 2.26. The number of hydrogen-bond donors (Lipinski definition) is 1. The fourth-order valence-corrected chi connectivity index (χ4v) is 2.04. The number of aromatic nitrogens is 2. The molecule has 0 saturated carbocycles. The van der Waals surface area contributed by atoms with Crippen molar-refractivity contribution in [3.63, 3.8) is 0 Å². The van der Waals surface area contributed by atoms with Crippen LogP contribution in [0, 0.1) is 12.7 Å². The average Bonchev–Trinajstić information content (AvgIpc) is 2.79. The van der Waals surface area contributed by atoms with E-state index >= 15 is 0 Å². The first-order valence-corrected chi connectivity index (χ1v) is 6.05. The third-order valence-electron chi connectivity index (χ3n) is 3.05. The summed E-state index contributed by atoms with van der Waals surface area (Å²) in [4.78, 5) is 4.25. The number of aryl methyl sites for hydroxylation is 2. The number of hydrogen-bond acceptors (Lipinski definition) is 2. The lowest BCUT2D eigenvalue weighted by Gasteiger charge is -2.16. The van der Waals surface area contributed by atoms with E-state index in [0.717, 1.165) is 17.9 Å². The average molecular weight is 248 g/mol. The van der Waals surface area contributed by atoms with E-state index in [4.69, 9.17) is 0 Å². The molecule has 0 radical (unpaired) electrons. The maximum absolute atomic E-state index is 13.6. The van der Waals surface area contributed by atoms with Crippen LogP contribution in [0.3, 0.4) is 0 Å². The molecule has 0 aliphatic heterocycles. The zero-order valence-electron chi connectivity index (χ0n) is 10.8. The second-order valence-electron chi connectivity index (χ2n) is 4.40. The van der Waals surface area contributed by atoms with Gasteiger partial charge in [0, 0.05) is 24.4 Å². The van der Waals surface area contributed by atoms with Crippen molar-refractivity contribution in [3.05, 3.63) is 47.3 Å². The molecular formula is C14H17FN2O. The first-order chi connectivity index (χ1) is 8.54. The third kappa shape index (κ3) is 2.16. The van der Waals surface area contributed by atoms with E-state index in [1.165, 1.54) is 6.07 Å². The molecule has 1 N–H and O–H groups in total. The topological polar surface area (TPSA) is 38.0 Å². The molecule has 1 aromatic heterocycles. The van der Waals surface area contributed by atoms with Crippen molar-refractivity contribution in [1.29, 1.82) is 0 Å². The minimum absolute atomic E-state index is 0.298. The lowest BCUT2D eigenvalue weighted by Crippen LogP contribution is -2.07. The molecule has 0 aliphatic carbocycles. The monoisotopic (exact) mass is 248 g/mol. The predicted octanol–water partition coefficient (Wildman–Crippen LogP) is 2.94. The van der Waals surface area contributed by atoms with Crippen molar-refractivity contribution in [2.75, 3.05) is 0 Å². The van der Waals surface area contributed by atoms with Gasteiger partial charge < -0.3 is 9.67 Å². The van der Waals surface area contributed by atoms with E-state index in [9.17, 15) is 9.50 Å². The molecule has 3 nitrogen and oxygen atoms in total. The number of aliphatic hydroxyl groups is 1. The summed E-state index contributed by atoms with van der Waals surface area (Å²) in [6, 6.07) is 3.15. The van der Waals surface area contributed by atoms with Crippen molar-refractivity contribution in [1.82, 2.24) is 9.55 Å². The number of nitrogens with zero attached hydrogens (tertiary/aromatic N) is 2. The molecule has 2 aromatic rings. The molecule has 0 aliphatic rings. The molecule has 2 rings (SSSR count). The van der Waals surface area contributed by atoms with Gasteiger partial charge in [-0.2, -0.15) is 0 Å². The quantitative estimate of drug-likeness (QED) is 0.907. The Morgan fingerprint density at radius 3 is 2.78 bits per heavy atom. The second-order valence-corrected chi connectivity index (χ2v) is 4.40. The molecule has 0 bridgehead atoms. The van der Waals surface area contributed by atoms with Gasteiger partial charge in [0.2, 0.25) is 0 Å². The summed E-state index contributed by atoms with van der Waals surface area (Å²) in [5.41, 5.74) is 1.93. The van der Waals surface area contributed by atoms with Gasteiger partial charge in [-0.3, -0.25) is 0 Å². The summed E-state index contributed by atoms with van der Waals surface area (Å²) in [5.74, 6) is 0.593. The Kier molecular flexibility index (Phi) is 3.48. The van der Waals surface area contributed by atoms with E-state index in [0.29, 0.717) is 11.1 Å². The fourth-order valence-electron chi connectivity index (χ4n) is 2.04. The van der Waals surface area contributed by atoms with Gasteiger partial charge in [0.1, 0.15) is 11.6 Å². The fraction of sp³-hybridized carbons (Fsp3) is 0.357. The Balaban J connectivity index is 2.66. The summed E-state index contributed by atoms with van der Waals surface area (Å²) in [6.45, 7) is 5.36. The lowest BCUT2D eigenvalue weighted by atomic mass is 10.0. The smallest absolute Gasteiger partial charge is 0.126 e. The van der Waals surface area contributed by atoms with Gasteiger partial charge in [0.25, 0.3) is 0 Å². The Morgan fingerprint density at radius 2 is 2.17 bits per heavy atom. The molecule has 18 heavy (non-hydrogen) atoms. The molecule has 0 saturated heterocycles. The third-order valence-corrected chi connectivity index (χ3v) is 3.05. The van der Waals surface area contributed by atoms with Gasteiger partial charge in [-0.05, 0) is 31.5 Å². The number of aliphatic hydroxyl groups excluding tert-OH is 1.